The smallest absolute Gasteiger partial charge is 0.413 e. The number of hydrogen-bond acceptors (Lipinski definition) is 7. The van der Waals surface area contributed by atoms with Crippen molar-refractivity contribution in [2.24, 2.45) is 0 Å². The highest BCUT2D eigenvalue weighted by Gasteiger charge is 2.17. The first kappa shape index (κ1) is 21.2. The number of benzene rings is 3. The third-order valence-electron chi connectivity index (χ3n) is 4.55. The van der Waals surface area contributed by atoms with Gasteiger partial charge >= 0.3 is 16.2 Å². The van der Waals surface area contributed by atoms with Gasteiger partial charge < -0.3 is 19.2 Å². The standard InChI is InChI=1S/C22H20N4O5S/c1-30-22(27)26-21-24-19-12-9-17(13-20(19)25-21)31-32(28,29)18-10-7-16(8-11-18)23-14-15-5-3-2-4-6-15/h2-13,23H,14H2,1H3,(H2,24,25,26,27). The Balaban J connectivity index is 1.45. The second-order valence-corrected chi connectivity index (χ2v) is 8.33. The number of carbonyl (C=O) groups is 1. The summed E-state index contributed by atoms with van der Waals surface area (Å²) in [5.74, 6) is 0.269. The van der Waals surface area contributed by atoms with Crippen LogP contribution in [0.5, 0.6) is 5.75 Å². The van der Waals surface area contributed by atoms with Gasteiger partial charge in [-0.3, -0.25) is 5.32 Å². The zero-order valence-corrected chi connectivity index (χ0v) is 17.8. The van der Waals surface area contributed by atoms with Crippen LogP contribution in [0.3, 0.4) is 0 Å². The SMILES string of the molecule is COC(=O)Nc1nc2cc(OS(=O)(=O)c3ccc(NCc4ccccc4)cc3)ccc2[nH]1. The summed E-state index contributed by atoms with van der Waals surface area (Å²) < 4.78 is 35.1. The number of fused-ring (bicyclic) bond motifs is 1. The number of anilines is 2. The Kier molecular flexibility index (Phi) is 5.95. The average molecular weight is 452 g/mol. The molecule has 4 aromatic rings. The number of aromatic nitrogens is 2. The molecule has 0 atom stereocenters. The molecular formula is C22H20N4O5S. The summed E-state index contributed by atoms with van der Waals surface area (Å²) in [5.41, 5.74) is 2.92. The first-order chi connectivity index (χ1) is 15.4. The summed E-state index contributed by atoms with van der Waals surface area (Å²) in [6.07, 6.45) is -0.676. The fraction of sp³-hybridized carbons (Fsp3) is 0.0909. The maximum absolute atomic E-state index is 12.7. The molecule has 0 saturated heterocycles. The average Bonchev–Trinajstić information content (AvgIpc) is 3.19. The molecule has 3 N–H and O–H groups in total. The van der Waals surface area contributed by atoms with E-state index in [9.17, 15) is 13.2 Å². The summed E-state index contributed by atoms with van der Waals surface area (Å²) in [7, 11) is -2.80. The van der Waals surface area contributed by atoms with Crippen LogP contribution in [0.1, 0.15) is 5.56 Å². The van der Waals surface area contributed by atoms with E-state index in [1.165, 1.54) is 31.4 Å². The Hall–Kier alpha value is -4.05. The lowest BCUT2D eigenvalue weighted by Crippen LogP contribution is -2.11. The van der Waals surface area contributed by atoms with Crippen molar-refractivity contribution in [1.82, 2.24) is 9.97 Å². The minimum Gasteiger partial charge on any atom is -0.453 e. The highest BCUT2D eigenvalue weighted by Crippen LogP contribution is 2.24. The second kappa shape index (κ2) is 8.98. The monoisotopic (exact) mass is 452 g/mol. The minimum absolute atomic E-state index is 0.0259. The van der Waals surface area contributed by atoms with Crippen LogP contribution >= 0.6 is 0 Å². The van der Waals surface area contributed by atoms with E-state index in [0.29, 0.717) is 17.6 Å². The van der Waals surface area contributed by atoms with Crippen molar-refractivity contribution in [2.45, 2.75) is 11.4 Å². The van der Waals surface area contributed by atoms with Gasteiger partial charge in [0.05, 0.1) is 18.1 Å². The lowest BCUT2D eigenvalue weighted by molar-refractivity contribution is 0.186. The van der Waals surface area contributed by atoms with Gasteiger partial charge in [-0.15, -0.1) is 0 Å². The third-order valence-corrected chi connectivity index (χ3v) is 5.81. The molecule has 1 heterocycles. The number of ether oxygens (including phenoxy) is 1. The Morgan fingerprint density at radius 1 is 1.03 bits per heavy atom. The van der Waals surface area contributed by atoms with Gasteiger partial charge in [0, 0.05) is 18.3 Å². The Morgan fingerprint density at radius 2 is 1.78 bits per heavy atom. The minimum atomic E-state index is -4.04. The highest BCUT2D eigenvalue weighted by molar-refractivity contribution is 7.87. The van der Waals surface area contributed by atoms with Gasteiger partial charge in [-0.2, -0.15) is 8.42 Å². The maximum atomic E-state index is 12.7. The van der Waals surface area contributed by atoms with Crippen LogP contribution in [0.15, 0.2) is 77.7 Å². The highest BCUT2D eigenvalue weighted by atomic mass is 32.2. The van der Waals surface area contributed by atoms with Crippen molar-refractivity contribution >= 4 is 38.9 Å². The van der Waals surface area contributed by atoms with E-state index in [-0.39, 0.29) is 16.6 Å². The van der Waals surface area contributed by atoms with Crippen molar-refractivity contribution in [3.05, 3.63) is 78.4 Å². The fourth-order valence-electron chi connectivity index (χ4n) is 2.96. The molecule has 164 valence electrons. The van der Waals surface area contributed by atoms with Gasteiger partial charge in [0.25, 0.3) is 0 Å². The topological polar surface area (TPSA) is 122 Å². The summed E-state index contributed by atoms with van der Waals surface area (Å²) in [6.45, 7) is 0.625. The predicted molar refractivity (Wildman–Crippen MR) is 120 cm³/mol. The predicted octanol–water partition coefficient (Wildman–Crippen LogP) is 4.12. The van der Waals surface area contributed by atoms with E-state index in [4.69, 9.17) is 4.18 Å². The molecule has 0 unspecified atom stereocenters. The van der Waals surface area contributed by atoms with E-state index in [0.717, 1.165) is 11.3 Å². The van der Waals surface area contributed by atoms with E-state index in [2.05, 4.69) is 25.3 Å². The van der Waals surface area contributed by atoms with Crippen LogP contribution in [0.25, 0.3) is 11.0 Å². The van der Waals surface area contributed by atoms with E-state index < -0.39 is 16.2 Å². The van der Waals surface area contributed by atoms with Gasteiger partial charge in [0.2, 0.25) is 5.95 Å². The molecule has 0 aliphatic carbocycles. The molecule has 0 spiro atoms. The van der Waals surface area contributed by atoms with Crippen LogP contribution in [-0.2, 0) is 21.4 Å². The molecule has 1 amide bonds. The van der Waals surface area contributed by atoms with Gasteiger partial charge in [-0.25, -0.2) is 9.78 Å². The normalized spacial score (nSPS) is 11.2. The first-order valence-electron chi connectivity index (χ1n) is 9.60. The lowest BCUT2D eigenvalue weighted by Gasteiger charge is -2.09. The van der Waals surface area contributed by atoms with E-state index in [1.54, 1.807) is 18.2 Å². The molecule has 9 nitrogen and oxygen atoms in total. The Bertz CT molecular complexity index is 1340. The number of nitrogens with one attached hydrogen (secondary N) is 3. The zero-order chi connectivity index (χ0) is 22.6. The van der Waals surface area contributed by atoms with E-state index in [1.807, 2.05) is 30.3 Å². The number of imidazole rings is 1. The summed E-state index contributed by atoms with van der Waals surface area (Å²) in [6, 6.07) is 20.8. The molecule has 0 aliphatic rings. The summed E-state index contributed by atoms with van der Waals surface area (Å²) in [4.78, 5) is 18.4. The lowest BCUT2D eigenvalue weighted by atomic mass is 10.2. The second-order valence-electron chi connectivity index (χ2n) is 6.78. The van der Waals surface area contributed by atoms with E-state index >= 15 is 0 Å². The number of nitrogens with zero attached hydrogens (tertiary/aromatic N) is 1. The molecule has 0 radical (unpaired) electrons. The molecule has 1 aromatic heterocycles. The quantitative estimate of drug-likeness (QED) is 0.361. The molecule has 10 heteroatoms. The fourth-order valence-corrected chi connectivity index (χ4v) is 3.88. The molecule has 0 fully saturated rings. The number of aromatic amines is 1. The van der Waals surface area contributed by atoms with Gasteiger partial charge in [0.1, 0.15) is 10.6 Å². The van der Waals surface area contributed by atoms with Crippen LogP contribution in [0.4, 0.5) is 16.4 Å². The Morgan fingerprint density at radius 3 is 2.50 bits per heavy atom. The van der Waals surface area contributed by atoms with Crippen LogP contribution in [0.2, 0.25) is 0 Å². The molecule has 32 heavy (non-hydrogen) atoms. The van der Waals surface area contributed by atoms with Crippen molar-refractivity contribution < 1.29 is 22.1 Å². The van der Waals surface area contributed by atoms with Crippen LogP contribution < -0.4 is 14.8 Å². The van der Waals surface area contributed by atoms with Gasteiger partial charge in [-0.05, 0) is 42.0 Å². The maximum Gasteiger partial charge on any atom is 0.413 e. The summed E-state index contributed by atoms with van der Waals surface area (Å²) >= 11 is 0. The molecule has 0 bridgehead atoms. The van der Waals surface area contributed by atoms with Crippen LogP contribution in [-0.4, -0.2) is 31.6 Å². The number of rotatable bonds is 7. The van der Waals surface area contributed by atoms with Crippen molar-refractivity contribution in [3.63, 3.8) is 0 Å². The number of carbonyl (C=O) groups excluding carboxylic acids is 1. The molecular weight excluding hydrogens is 432 g/mol. The number of H-pyrrole nitrogens is 1. The van der Waals surface area contributed by atoms with Crippen molar-refractivity contribution in [1.29, 1.82) is 0 Å². The number of hydrogen-bond donors (Lipinski definition) is 3. The Labute approximate surface area is 184 Å². The van der Waals surface area contributed by atoms with Crippen molar-refractivity contribution in [2.75, 3.05) is 17.7 Å². The van der Waals surface area contributed by atoms with Crippen LogP contribution in [0, 0.1) is 0 Å². The van der Waals surface area contributed by atoms with Gasteiger partial charge in [0.15, 0.2) is 0 Å². The number of amides is 1. The summed E-state index contributed by atoms with van der Waals surface area (Å²) in [5, 5.41) is 5.65. The first-order valence-corrected chi connectivity index (χ1v) is 11.0. The zero-order valence-electron chi connectivity index (χ0n) is 17.0. The van der Waals surface area contributed by atoms with Crippen molar-refractivity contribution in [3.8, 4) is 5.75 Å². The molecule has 0 aliphatic heterocycles. The third kappa shape index (κ3) is 4.98. The molecule has 0 saturated carbocycles. The largest absolute Gasteiger partial charge is 0.453 e. The molecule has 3 aromatic carbocycles. The van der Waals surface area contributed by atoms with Gasteiger partial charge in [-0.1, -0.05) is 30.3 Å². The number of methoxy groups -OCH3 is 1. The molecule has 4 rings (SSSR count).